The highest BCUT2D eigenvalue weighted by Gasteiger charge is 2.13. The average molecular weight is 203 g/mol. The molecule has 0 spiro atoms. The molecule has 2 heteroatoms. The molecule has 1 fully saturated rings. The van der Waals surface area contributed by atoms with Crippen LogP contribution in [0.15, 0.2) is 29.3 Å². The van der Waals surface area contributed by atoms with Crippen LogP contribution in [-0.4, -0.2) is 6.21 Å². The molecule has 5 radical (unpaired) electrons. The third kappa shape index (κ3) is 2.58. The third-order valence-electron chi connectivity index (χ3n) is 1.86. The topological polar surface area (TPSA) is 12.4 Å². The fourth-order valence-electron chi connectivity index (χ4n) is 1.18. The van der Waals surface area contributed by atoms with Crippen LogP contribution in [-0.2, 0) is 0 Å². The SMILES string of the molecule is Clc1cccc(N=C[C]2[CH][CH][CH][CH]2)c1. The summed E-state index contributed by atoms with van der Waals surface area (Å²) < 4.78 is 0. The van der Waals surface area contributed by atoms with Gasteiger partial charge in [0.25, 0.3) is 0 Å². The van der Waals surface area contributed by atoms with E-state index in [1.54, 1.807) is 0 Å². The van der Waals surface area contributed by atoms with E-state index in [2.05, 4.69) is 4.99 Å². The molecule has 0 amide bonds. The molecule has 1 aliphatic carbocycles. The molecule has 0 saturated heterocycles. The lowest BCUT2D eigenvalue weighted by molar-refractivity contribution is 1.43. The summed E-state index contributed by atoms with van der Waals surface area (Å²) in [6, 6.07) is 7.48. The van der Waals surface area contributed by atoms with Gasteiger partial charge in [-0.05, 0) is 43.9 Å². The van der Waals surface area contributed by atoms with Crippen molar-refractivity contribution < 1.29 is 0 Å². The molecule has 2 rings (SSSR count). The Morgan fingerprint density at radius 3 is 2.64 bits per heavy atom. The largest absolute Gasteiger partial charge is 0.261 e. The average Bonchev–Trinajstić information content (AvgIpc) is 2.67. The minimum Gasteiger partial charge on any atom is -0.261 e. The Kier molecular flexibility index (Phi) is 3.20. The van der Waals surface area contributed by atoms with Crippen molar-refractivity contribution >= 4 is 23.5 Å². The molecule has 0 unspecified atom stereocenters. The van der Waals surface area contributed by atoms with Crippen molar-refractivity contribution in [2.45, 2.75) is 0 Å². The van der Waals surface area contributed by atoms with Gasteiger partial charge in [-0.3, -0.25) is 4.99 Å². The minimum atomic E-state index is 0.710. The predicted octanol–water partition coefficient (Wildman–Crippen LogP) is 3.45. The van der Waals surface area contributed by atoms with E-state index in [0.29, 0.717) is 5.02 Å². The fourth-order valence-corrected chi connectivity index (χ4v) is 1.36. The van der Waals surface area contributed by atoms with Gasteiger partial charge >= 0.3 is 0 Å². The van der Waals surface area contributed by atoms with Gasteiger partial charge in [-0.15, -0.1) is 0 Å². The molecular weight excluding hydrogens is 194 g/mol. The molecule has 1 aliphatic rings. The summed E-state index contributed by atoms with van der Waals surface area (Å²) in [6.45, 7) is 0. The smallest absolute Gasteiger partial charge is 0.0640 e. The molecular formula is C12H9ClN. The van der Waals surface area contributed by atoms with Crippen molar-refractivity contribution in [1.29, 1.82) is 0 Å². The van der Waals surface area contributed by atoms with E-state index in [-0.39, 0.29) is 0 Å². The zero-order valence-corrected chi connectivity index (χ0v) is 8.28. The van der Waals surface area contributed by atoms with Gasteiger partial charge in [-0.25, -0.2) is 0 Å². The first-order valence-electron chi connectivity index (χ1n) is 4.36. The van der Waals surface area contributed by atoms with Crippen molar-refractivity contribution in [2.24, 2.45) is 4.99 Å². The van der Waals surface area contributed by atoms with Crippen LogP contribution in [0, 0.1) is 31.6 Å². The van der Waals surface area contributed by atoms with Crippen LogP contribution in [0.5, 0.6) is 0 Å². The quantitative estimate of drug-likeness (QED) is 0.652. The molecule has 0 N–H and O–H groups in total. The molecule has 0 bridgehead atoms. The third-order valence-corrected chi connectivity index (χ3v) is 2.09. The highest BCUT2D eigenvalue weighted by molar-refractivity contribution is 6.30. The molecule has 1 aromatic rings. The van der Waals surface area contributed by atoms with Crippen molar-refractivity contribution in [3.8, 4) is 0 Å². The van der Waals surface area contributed by atoms with E-state index < -0.39 is 0 Å². The van der Waals surface area contributed by atoms with Crippen molar-refractivity contribution in [3.63, 3.8) is 0 Å². The second kappa shape index (κ2) is 4.61. The summed E-state index contributed by atoms with van der Waals surface area (Å²) in [7, 11) is 0. The zero-order valence-electron chi connectivity index (χ0n) is 7.52. The number of halogens is 1. The standard InChI is InChI=1S/C12H9ClN/c13-11-6-3-7-12(8-11)14-9-10-4-1-2-5-10/h1-9H. The Hall–Kier alpha value is -0.820. The monoisotopic (exact) mass is 202 g/mol. The first-order chi connectivity index (χ1) is 6.84. The van der Waals surface area contributed by atoms with E-state index in [1.165, 1.54) is 0 Å². The van der Waals surface area contributed by atoms with Crippen molar-refractivity contribution in [3.05, 3.63) is 60.9 Å². The van der Waals surface area contributed by atoms with Crippen LogP contribution < -0.4 is 0 Å². The van der Waals surface area contributed by atoms with Gasteiger partial charge in [-0.1, -0.05) is 17.7 Å². The van der Waals surface area contributed by atoms with Gasteiger partial charge in [0.15, 0.2) is 0 Å². The van der Waals surface area contributed by atoms with Crippen LogP contribution in [0.1, 0.15) is 0 Å². The lowest BCUT2D eigenvalue weighted by Gasteiger charge is -1.98. The molecule has 1 saturated carbocycles. The summed E-state index contributed by atoms with van der Waals surface area (Å²) in [4.78, 5) is 4.30. The predicted molar refractivity (Wildman–Crippen MR) is 60.0 cm³/mol. The molecule has 0 heterocycles. The summed E-state index contributed by atoms with van der Waals surface area (Å²) >= 11 is 5.83. The first kappa shape index (κ1) is 9.72. The second-order valence-electron chi connectivity index (χ2n) is 2.96. The van der Waals surface area contributed by atoms with Gasteiger partial charge in [0.2, 0.25) is 0 Å². The molecule has 0 aromatic heterocycles. The normalized spacial score (nSPS) is 18.1. The first-order valence-corrected chi connectivity index (χ1v) is 4.74. The van der Waals surface area contributed by atoms with Crippen LogP contribution >= 0.6 is 11.6 Å². The molecule has 0 atom stereocenters. The zero-order chi connectivity index (χ0) is 9.80. The lowest BCUT2D eigenvalue weighted by atomic mass is 10.1. The van der Waals surface area contributed by atoms with Crippen LogP contribution in [0.4, 0.5) is 5.69 Å². The number of benzene rings is 1. The Morgan fingerprint density at radius 2 is 1.93 bits per heavy atom. The van der Waals surface area contributed by atoms with Crippen molar-refractivity contribution in [2.75, 3.05) is 0 Å². The number of rotatable bonds is 2. The molecule has 1 aromatic carbocycles. The fraction of sp³-hybridized carbons (Fsp3) is 0. The summed E-state index contributed by atoms with van der Waals surface area (Å²) in [6.07, 6.45) is 9.81. The van der Waals surface area contributed by atoms with E-state index in [4.69, 9.17) is 11.6 Å². The van der Waals surface area contributed by atoms with E-state index in [9.17, 15) is 0 Å². The van der Waals surface area contributed by atoms with E-state index in [0.717, 1.165) is 11.6 Å². The molecule has 0 aliphatic heterocycles. The molecule has 14 heavy (non-hydrogen) atoms. The Balaban J connectivity index is 2.02. The van der Waals surface area contributed by atoms with Gasteiger partial charge in [0.1, 0.15) is 0 Å². The maximum atomic E-state index is 5.83. The van der Waals surface area contributed by atoms with Crippen LogP contribution in [0.2, 0.25) is 5.02 Å². The highest BCUT2D eigenvalue weighted by atomic mass is 35.5. The Labute approximate surface area is 89.8 Å². The summed E-state index contributed by atoms with van der Waals surface area (Å²) in [5.74, 6) is 1.10. The van der Waals surface area contributed by atoms with Gasteiger partial charge < -0.3 is 0 Å². The molecule has 1 nitrogen and oxygen atoms in total. The van der Waals surface area contributed by atoms with E-state index in [1.807, 2.05) is 56.2 Å². The Bertz CT molecular complexity index is 327. The van der Waals surface area contributed by atoms with Gasteiger partial charge in [0, 0.05) is 17.2 Å². The van der Waals surface area contributed by atoms with Gasteiger partial charge in [0.05, 0.1) is 5.69 Å². The number of hydrogen-bond acceptors (Lipinski definition) is 1. The highest BCUT2D eigenvalue weighted by Crippen LogP contribution is 2.23. The number of aliphatic imine (C=N–C) groups is 1. The van der Waals surface area contributed by atoms with Gasteiger partial charge in [-0.2, -0.15) is 0 Å². The maximum absolute atomic E-state index is 5.83. The van der Waals surface area contributed by atoms with E-state index >= 15 is 0 Å². The lowest BCUT2D eigenvalue weighted by Crippen LogP contribution is -1.91. The maximum Gasteiger partial charge on any atom is 0.0640 e. The summed E-state index contributed by atoms with van der Waals surface area (Å²) in [5, 5.41) is 0.710. The van der Waals surface area contributed by atoms with Crippen molar-refractivity contribution in [1.82, 2.24) is 0 Å². The minimum absolute atomic E-state index is 0.710. The molecule has 69 valence electrons. The Morgan fingerprint density at radius 1 is 1.14 bits per heavy atom. The van der Waals surface area contributed by atoms with Crippen LogP contribution in [0.25, 0.3) is 0 Å². The van der Waals surface area contributed by atoms with Crippen LogP contribution in [0.3, 0.4) is 0 Å². The summed E-state index contributed by atoms with van der Waals surface area (Å²) in [5.41, 5.74) is 0.874. The second-order valence-corrected chi connectivity index (χ2v) is 3.39. The number of hydrogen-bond donors (Lipinski definition) is 0. The number of nitrogens with zero attached hydrogens (tertiary/aromatic N) is 1.